The monoisotopic (exact) mass is 178 g/mol. The molecule has 0 heterocycles. The molecule has 0 radical (unpaired) electrons. The van der Waals surface area contributed by atoms with Crippen molar-refractivity contribution < 1.29 is 9.59 Å². The number of halogens is 1. The molecule has 0 aliphatic rings. The third-order valence-corrected chi connectivity index (χ3v) is 1.27. The molecule has 0 aromatic rings. The van der Waals surface area contributed by atoms with E-state index in [0.717, 1.165) is 0 Å². The van der Waals surface area contributed by atoms with E-state index in [2.05, 4.69) is 5.32 Å². The van der Waals surface area contributed by atoms with Crippen LogP contribution >= 0.6 is 11.6 Å². The first-order valence-corrected chi connectivity index (χ1v) is 3.83. The van der Waals surface area contributed by atoms with Crippen molar-refractivity contribution in [1.29, 1.82) is 0 Å². The summed E-state index contributed by atoms with van der Waals surface area (Å²) in [5.74, 6) is -0.352. The number of alkyl halides is 1. The van der Waals surface area contributed by atoms with Crippen LogP contribution in [0.5, 0.6) is 0 Å². The van der Waals surface area contributed by atoms with Gasteiger partial charge in [-0.3, -0.25) is 14.9 Å². The zero-order chi connectivity index (χ0) is 8.69. The molecule has 5 heteroatoms. The van der Waals surface area contributed by atoms with Crippen LogP contribution in [0.1, 0.15) is 12.8 Å². The van der Waals surface area contributed by atoms with Crippen molar-refractivity contribution in [2.24, 2.45) is 5.73 Å². The number of carbonyl (C=O) groups is 2. The Morgan fingerprint density at radius 1 is 1.36 bits per heavy atom. The van der Waals surface area contributed by atoms with E-state index in [1.54, 1.807) is 0 Å². The number of amides is 2. The van der Waals surface area contributed by atoms with Crippen LogP contribution in [0.2, 0.25) is 0 Å². The number of carbonyl (C=O) groups excluding carboxylic acids is 2. The van der Waals surface area contributed by atoms with Crippen LogP contribution in [0.4, 0.5) is 0 Å². The number of imide groups is 1. The molecule has 0 saturated heterocycles. The maximum Gasteiger partial charge on any atom is 0.240 e. The van der Waals surface area contributed by atoms with Gasteiger partial charge in [0.05, 0.1) is 6.54 Å². The first-order chi connectivity index (χ1) is 5.20. The van der Waals surface area contributed by atoms with Crippen LogP contribution in [-0.4, -0.2) is 24.2 Å². The van der Waals surface area contributed by atoms with Crippen molar-refractivity contribution in [3.05, 3.63) is 0 Å². The molecule has 0 aliphatic carbocycles. The smallest absolute Gasteiger partial charge is 0.240 e. The SMILES string of the molecule is NCC(=O)NC(=O)CCCCl. The van der Waals surface area contributed by atoms with Crippen molar-refractivity contribution in [1.82, 2.24) is 5.32 Å². The Morgan fingerprint density at radius 2 is 2.00 bits per heavy atom. The minimum atomic E-state index is -0.454. The summed E-state index contributed by atoms with van der Waals surface area (Å²) in [6, 6.07) is 0. The van der Waals surface area contributed by atoms with Gasteiger partial charge < -0.3 is 5.73 Å². The number of hydrogen-bond donors (Lipinski definition) is 2. The van der Waals surface area contributed by atoms with E-state index >= 15 is 0 Å². The van der Waals surface area contributed by atoms with Gasteiger partial charge >= 0.3 is 0 Å². The van der Waals surface area contributed by atoms with Gasteiger partial charge in [0, 0.05) is 12.3 Å². The predicted octanol–water partition coefficient (Wildman–Crippen LogP) is -0.393. The molecule has 4 nitrogen and oxygen atoms in total. The van der Waals surface area contributed by atoms with Gasteiger partial charge in [0.15, 0.2) is 0 Å². The molecule has 0 aliphatic heterocycles. The highest BCUT2D eigenvalue weighted by Gasteiger charge is 2.03. The highest BCUT2D eigenvalue weighted by molar-refractivity contribution is 6.18. The Kier molecular flexibility index (Phi) is 5.78. The molecule has 0 spiro atoms. The Morgan fingerprint density at radius 3 is 2.45 bits per heavy atom. The minimum absolute atomic E-state index is 0.160. The van der Waals surface area contributed by atoms with Gasteiger partial charge in [-0.15, -0.1) is 11.6 Å². The molecule has 11 heavy (non-hydrogen) atoms. The number of nitrogens with one attached hydrogen (secondary N) is 1. The van der Waals surface area contributed by atoms with Gasteiger partial charge in [0.25, 0.3) is 0 Å². The van der Waals surface area contributed by atoms with E-state index in [0.29, 0.717) is 12.3 Å². The molecular weight excluding hydrogens is 168 g/mol. The first kappa shape index (κ1) is 10.4. The van der Waals surface area contributed by atoms with Crippen LogP contribution in [-0.2, 0) is 9.59 Å². The molecule has 0 saturated carbocycles. The lowest BCUT2D eigenvalue weighted by Gasteiger charge is -1.99. The van der Waals surface area contributed by atoms with Crippen molar-refractivity contribution in [2.75, 3.05) is 12.4 Å². The topological polar surface area (TPSA) is 72.2 Å². The first-order valence-electron chi connectivity index (χ1n) is 3.29. The number of nitrogens with two attached hydrogens (primary N) is 1. The summed E-state index contributed by atoms with van der Waals surface area (Å²) in [5.41, 5.74) is 4.96. The summed E-state index contributed by atoms with van der Waals surface area (Å²) in [7, 11) is 0. The third kappa shape index (κ3) is 5.82. The summed E-state index contributed by atoms with van der Waals surface area (Å²) in [6.45, 7) is -0.160. The fourth-order valence-electron chi connectivity index (χ4n) is 0.496. The van der Waals surface area contributed by atoms with Crippen molar-refractivity contribution in [2.45, 2.75) is 12.8 Å². The summed E-state index contributed by atoms with van der Waals surface area (Å²) in [4.78, 5) is 21.2. The van der Waals surface area contributed by atoms with Gasteiger partial charge in [-0.05, 0) is 6.42 Å². The molecule has 0 fully saturated rings. The molecule has 0 aromatic heterocycles. The lowest BCUT2D eigenvalue weighted by Crippen LogP contribution is -2.35. The average Bonchev–Trinajstić information content (AvgIpc) is 2.00. The van der Waals surface area contributed by atoms with E-state index in [1.165, 1.54) is 0 Å². The van der Waals surface area contributed by atoms with Crippen LogP contribution < -0.4 is 11.1 Å². The zero-order valence-corrected chi connectivity index (χ0v) is 6.86. The summed E-state index contributed by atoms with van der Waals surface area (Å²) < 4.78 is 0. The molecule has 0 aromatic carbocycles. The highest BCUT2D eigenvalue weighted by atomic mass is 35.5. The van der Waals surface area contributed by atoms with E-state index in [1.807, 2.05) is 0 Å². The van der Waals surface area contributed by atoms with Gasteiger partial charge in [0.2, 0.25) is 11.8 Å². The number of hydrogen-bond acceptors (Lipinski definition) is 3. The summed E-state index contributed by atoms with van der Waals surface area (Å²) >= 11 is 5.33. The molecule has 0 bridgehead atoms. The Labute approximate surface area is 70.1 Å². The molecule has 3 N–H and O–H groups in total. The van der Waals surface area contributed by atoms with Crippen molar-refractivity contribution in [3.8, 4) is 0 Å². The van der Waals surface area contributed by atoms with Gasteiger partial charge in [0.1, 0.15) is 0 Å². The highest BCUT2D eigenvalue weighted by Crippen LogP contribution is 1.90. The van der Waals surface area contributed by atoms with Crippen LogP contribution in [0.25, 0.3) is 0 Å². The largest absolute Gasteiger partial charge is 0.322 e. The quantitative estimate of drug-likeness (QED) is 0.576. The zero-order valence-electron chi connectivity index (χ0n) is 6.10. The van der Waals surface area contributed by atoms with Crippen molar-refractivity contribution in [3.63, 3.8) is 0 Å². The molecule has 0 unspecified atom stereocenters. The third-order valence-electron chi connectivity index (χ3n) is 1.00. The maximum atomic E-state index is 10.7. The molecule has 64 valence electrons. The molecule has 0 rings (SSSR count). The van der Waals surface area contributed by atoms with E-state index in [9.17, 15) is 9.59 Å². The standard InChI is InChI=1S/C6H11ClN2O2/c7-3-1-2-5(10)9-6(11)4-8/h1-4,8H2,(H,9,10,11). The van der Waals surface area contributed by atoms with Gasteiger partial charge in [-0.25, -0.2) is 0 Å². The second-order valence-electron chi connectivity index (χ2n) is 1.97. The fourth-order valence-corrected chi connectivity index (χ4v) is 0.630. The molecule has 0 atom stereocenters. The molecule has 2 amide bonds. The second-order valence-corrected chi connectivity index (χ2v) is 2.35. The second kappa shape index (κ2) is 6.12. The Hall–Kier alpha value is -0.610. The predicted molar refractivity (Wildman–Crippen MR) is 42.2 cm³/mol. The van der Waals surface area contributed by atoms with E-state index < -0.39 is 5.91 Å². The van der Waals surface area contributed by atoms with E-state index in [4.69, 9.17) is 17.3 Å². The Balaban J connectivity index is 3.44. The average molecular weight is 179 g/mol. The van der Waals surface area contributed by atoms with E-state index in [-0.39, 0.29) is 18.9 Å². The van der Waals surface area contributed by atoms with Gasteiger partial charge in [-0.1, -0.05) is 0 Å². The lowest BCUT2D eigenvalue weighted by molar-refractivity contribution is -0.129. The van der Waals surface area contributed by atoms with Crippen LogP contribution in [0, 0.1) is 0 Å². The fraction of sp³-hybridized carbons (Fsp3) is 0.667. The Bertz CT molecular complexity index is 150. The van der Waals surface area contributed by atoms with Gasteiger partial charge in [-0.2, -0.15) is 0 Å². The number of rotatable bonds is 4. The maximum absolute atomic E-state index is 10.7. The summed E-state index contributed by atoms with van der Waals surface area (Å²) in [5, 5.41) is 2.10. The summed E-state index contributed by atoms with van der Waals surface area (Å²) in [6.07, 6.45) is 0.848. The van der Waals surface area contributed by atoms with Crippen molar-refractivity contribution >= 4 is 23.4 Å². The minimum Gasteiger partial charge on any atom is -0.322 e. The normalized spacial score (nSPS) is 9.27. The molecular formula is C6H11ClN2O2. The van der Waals surface area contributed by atoms with Crippen LogP contribution in [0.15, 0.2) is 0 Å². The lowest BCUT2D eigenvalue weighted by atomic mass is 10.3. The van der Waals surface area contributed by atoms with Crippen LogP contribution in [0.3, 0.4) is 0 Å².